The molecule has 2 rings (SSSR count). The molecule has 2 aromatic rings. The standard InChI is InChI=1S/C13H10BrN3O/c1-9-5-7-16-13(17-9)18-11-2-3-12(14)10(8-11)4-6-15/h2-3,5,7-8H,4H2,1H3. The summed E-state index contributed by atoms with van der Waals surface area (Å²) in [5, 5.41) is 8.72. The zero-order chi connectivity index (χ0) is 13.0. The molecule has 0 radical (unpaired) electrons. The summed E-state index contributed by atoms with van der Waals surface area (Å²) >= 11 is 3.39. The van der Waals surface area contributed by atoms with E-state index in [-0.39, 0.29) is 0 Å². The molecule has 0 spiro atoms. The highest BCUT2D eigenvalue weighted by atomic mass is 79.9. The Morgan fingerprint density at radius 1 is 1.39 bits per heavy atom. The number of nitriles is 1. The number of benzene rings is 1. The number of hydrogen-bond donors (Lipinski definition) is 0. The Morgan fingerprint density at radius 2 is 2.22 bits per heavy atom. The predicted octanol–water partition coefficient (Wildman–Crippen LogP) is 3.41. The second kappa shape index (κ2) is 5.61. The summed E-state index contributed by atoms with van der Waals surface area (Å²) in [6, 6.07) is 9.67. The molecule has 0 atom stereocenters. The molecule has 1 aromatic heterocycles. The molecule has 0 unspecified atom stereocenters. The van der Waals surface area contributed by atoms with Crippen LogP contribution < -0.4 is 4.74 Å². The summed E-state index contributed by atoms with van der Waals surface area (Å²) < 4.78 is 6.44. The molecule has 0 aliphatic carbocycles. The normalized spacial score (nSPS) is 9.83. The van der Waals surface area contributed by atoms with Gasteiger partial charge in [0.1, 0.15) is 5.75 Å². The maximum Gasteiger partial charge on any atom is 0.322 e. The zero-order valence-electron chi connectivity index (χ0n) is 9.72. The Kier molecular flexibility index (Phi) is 3.90. The van der Waals surface area contributed by atoms with Crippen LogP contribution in [0.2, 0.25) is 0 Å². The number of halogens is 1. The maximum absolute atomic E-state index is 8.72. The first kappa shape index (κ1) is 12.5. The van der Waals surface area contributed by atoms with E-state index in [1.165, 1.54) is 0 Å². The molecule has 0 aliphatic heterocycles. The summed E-state index contributed by atoms with van der Waals surface area (Å²) in [4.78, 5) is 8.18. The second-order valence-corrected chi connectivity index (χ2v) is 4.53. The van der Waals surface area contributed by atoms with Crippen LogP contribution in [0.1, 0.15) is 11.3 Å². The minimum Gasteiger partial charge on any atom is -0.424 e. The predicted molar refractivity (Wildman–Crippen MR) is 70.3 cm³/mol. The van der Waals surface area contributed by atoms with Gasteiger partial charge in [-0.2, -0.15) is 5.26 Å². The minimum absolute atomic E-state index is 0.306. The van der Waals surface area contributed by atoms with Crippen LogP contribution in [0.25, 0.3) is 0 Å². The van der Waals surface area contributed by atoms with Crippen LogP contribution in [0.15, 0.2) is 34.9 Å². The zero-order valence-corrected chi connectivity index (χ0v) is 11.3. The number of aromatic nitrogens is 2. The number of ether oxygens (including phenoxy) is 1. The first-order chi connectivity index (χ1) is 8.69. The van der Waals surface area contributed by atoms with Crippen molar-refractivity contribution in [2.24, 2.45) is 0 Å². The molecule has 5 heteroatoms. The molecule has 90 valence electrons. The summed E-state index contributed by atoms with van der Waals surface area (Å²) in [6.07, 6.45) is 1.97. The molecule has 0 fully saturated rings. The van der Waals surface area contributed by atoms with E-state index in [1.807, 2.05) is 13.0 Å². The third-order valence-electron chi connectivity index (χ3n) is 2.27. The summed E-state index contributed by atoms with van der Waals surface area (Å²) in [7, 11) is 0. The Hall–Kier alpha value is -1.93. The monoisotopic (exact) mass is 303 g/mol. The van der Waals surface area contributed by atoms with Crippen LogP contribution in [0, 0.1) is 18.3 Å². The van der Waals surface area contributed by atoms with E-state index in [2.05, 4.69) is 32.0 Å². The molecule has 4 nitrogen and oxygen atoms in total. The Balaban J connectivity index is 2.24. The van der Waals surface area contributed by atoms with Crippen molar-refractivity contribution in [2.75, 3.05) is 0 Å². The van der Waals surface area contributed by atoms with E-state index in [4.69, 9.17) is 10.00 Å². The van der Waals surface area contributed by atoms with Crippen molar-refractivity contribution < 1.29 is 4.74 Å². The van der Waals surface area contributed by atoms with Gasteiger partial charge in [-0.25, -0.2) is 9.97 Å². The van der Waals surface area contributed by atoms with Gasteiger partial charge < -0.3 is 4.74 Å². The molecule has 0 saturated carbocycles. The molecule has 1 heterocycles. The van der Waals surface area contributed by atoms with Crippen molar-refractivity contribution in [3.8, 4) is 17.8 Å². The van der Waals surface area contributed by atoms with Crippen LogP contribution >= 0.6 is 15.9 Å². The van der Waals surface area contributed by atoms with E-state index >= 15 is 0 Å². The van der Waals surface area contributed by atoms with E-state index in [9.17, 15) is 0 Å². The van der Waals surface area contributed by atoms with Crippen LogP contribution in [-0.2, 0) is 6.42 Å². The third kappa shape index (κ3) is 3.05. The van der Waals surface area contributed by atoms with Crippen LogP contribution in [0.5, 0.6) is 11.8 Å². The number of aryl methyl sites for hydroxylation is 1. The lowest BCUT2D eigenvalue weighted by atomic mass is 10.1. The molecule has 0 saturated heterocycles. The van der Waals surface area contributed by atoms with Gasteiger partial charge in [-0.1, -0.05) is 15.9 Å². The molecular formula is C13H10BrN3O. The van der Waals surface area contributed by atoms with Gasteiger partial charge in [0, 0.05) is 16.4 Å². The second-order valence-electron chi connectivity index (χ2n) is 3.67. The van der Waals surface area contributed by atoms with E-state index in [0.717, 1.165) is 15.7 Å². The lowest BCUT2D eigenvalue weighted by molar-refractivity contribution is 0.440. The van der Waals surface area contributed by atoms with Crippen LogP contribution in [-0.4, -0.2) is 9.97 Å². The van der Waals surface area contributed by atoms with Gasteiger partial charge in [0.25, 0.3) is 0 Å². The van der Waals surface area contributed by atoms with Gasteiger partial charge in [0.05, 0.1) is 12.5 Å². The van der Waals surface area contributed by atoms with E-state index in [1.54, 1.807) is 24.4 Å². The highest BCUT2D eigenvalue weighted by Crippen LogP contribution is 2.25. The lowest BCUT2D eigenvalue weighted by Crippen LogP contribution is -1.94. The molecule has 1 aromatic carbocycles. The van der Waals surface area contributed by atoms with Crippen molar-refractivity contribution >= 4 is 15.9 Å². The van der Waals surface area contributed by atoms with Crippen molar-refractivity contribution in [3.05, 3.63) is 46.2 Å². The van der Waals surface area contributed by atoms with Gasteiger partial charge in [-0.05, 0) is 36.8 Å². The van der Waals surface area contributed by atoms with Crippen molar-refractivity contribution in [2.45, 2.75) is 13.3 Å². The van der Waals surface area contributed by atoms with E-state index < -0.39 is 0 Å². The van der Waals surface area contributed by atoms with Gasteiger partial charge >= 0.3 is 6.01 Å². The fourth-order valence-corrected chi connectivity index (χ4v) is 1.80. The Morgan fingerprint density at radius 3 is 2.94 bits per heavy atom. The fraction of sp³-hybridized carbons (Fsp3) is 0.154. The van der Waals surface area contributed by atoms with Crippen molar-refractivity contribution in [1.82, 2.24) is 9.97 Å². The number of rotatable bonds is 3. The third-order valence-corrected chi connectivity index (χ3v) is 3.04. The lowest BCUT2D eigenvalue weighted by Gasteiger charge is -2.06. The first-order valence-corrected chi connectivity index (χ1v) is 6.11. The highest BCUT2D eigenvalue weighted by Gasteiger charge is 2.05. The largest absolute Gasteiger partial charge is 0.424 e. The first-order valence-electron chi connectivity index (χ1n) is 5.32. The maximum atomic E-state index is 8.72. The van der Waals surface area contributed by atoms with Crippen molar-refractivity contribution in [1.29, 1.82) is 5.26 Å². The summed E-state index contributed by atoms with van der Waals surface area (Å²) in [6.45, 7) is 1.87. The summed E-state index contributed by atoms with van der Waals surface area (Å²) in [5.74, 6) is 0.619. The quantitative estimate of drug-likeness (QED) is 0.872. The van der Waals surface area contributed by atoms with Gasteiger partial charge in [-0.15, -0.1) is 0 Å². The van der Waals surface area contributed by atoms with Crippen LogP contribution in [0.3, 0.4) is 0 Å². The molecule has 0 bridgehead atoms. The molecule has 18 heavy (non-hydrogen) atoms. The highest BCUT2D eigenvalue weighted by molar-refractivity contribution is 9.10. The molecule has 0 aliphatic rings. The van der Waals surface area contributed by atoms with Gasteiger partial charge in [-0.3, -0.25) is 0 Å². The average Bonchev–Trinajstić information content (AvgIpc) is 2.34. The number of hydrogen-bond acceptors (Lipinski definition) is 4. The van der Waals surface area contributed by atoms with Crippen molar-refractivity contribution in [3.63, 3.8) is 0 Å². The van der Waals surface area contributed by atoms with Crippen LogP contribution in [0.4, 0.5) is 0 Å². The molecular weight excluding hydrogens is 294 g/mol. The summed E-state index contributed by atoms with van der Waals surface area (Å²) in [5.41, 5.74) is 1.72. The van der Waals surface area contributed by atoms with Gasteiger partial charge in [0.15, 0.2) is 0 Å². The topological polar surface area (TPSA) is 58.8 Å². The minimum atomic E-state index is 0.306. The average molecular weight is 304 g/mol. The number of nitrogens with zero attached hydrogens (tertiary/aromatic N) is 3. The van der Waals surface area contributed by atoms with Gasteiger partial charge in [0.2, 0.25) is 0 Å². The fourth-order valence-electron chi connectivity index (χ4n) is 1.42. The smallest absolute Gasteiger partial charge is 0.322 e. The SMILES string of the molecule is Cc1ccnc(Oc2ccc(Br)c(CC#N)c2)n1. The molecule has 0 N–H and O–H groups in total. The molecule has 0 amide bonds. The Labute approximate surface area is 113 Å². The van der Waals surface area contributed by atoms with E-state index in [0.29, 0.717) is 18.2 Å². The Bertz CT molecular complexity index is 607.